The standard InChI is InChI=1S/C17H14BrN3O2/c1-23-16-7-6-12(18)8-11(16)9-20-21-17(22)14-10-19-15-5-3-2-4-13(14)15/h2-10,19H,1H3,(H,21,22)/b20-9-. The van der Waals surface area contributed by atoms with Crippen LogP contribution in [-0.4, -0.2) is 24.2 Å². The van der Waals surface area contributed by atoms with E-state index >= 15 is 0 Å². The van der Waals surface area contributed by atoms with Gasteiger partial charge in [-0.1, -0.05) is 34.1 Å². The van der Waals surface area contributed by atoms with Crippen molar-refractivity contribution < 1.29 is 9.53 Å². The highest BCUT2D eigenvalue weighted by atomic mass is 79.9. The molecule has 0 fully saturated rings. The number of hydrogen-bond acceptors (Lipinski definition) is 3. The highest BCUT2D eigenvalue weighted by Gasteiger charge is 2.10. The van der Waals surface area contributed by atoms with Crippen molar-refractivity contribution in [2.24, 2.45) is 5.10 Å². The van der Waals surface area contributed by atoms with Gasteiger partial charge in [0.25, 0.3) is 5.91 Å². The Balaban J connectivity index is 1.78. The lowest BCUT2D eigenvalue weighted by Crippen LogP contribution is -2.17. The van der Waals surface area contributed by atoms with Gasteiger partial charge in [-0.2, -0.15) is 5.10 Å². The van der Waals surface area contributed by atoms with E-state index in [9.17, 15) is 4.79 Å². The minimum atomic E-state index is -0.271. The molecular formula is C17H14BrN3O2. The van der Waals surface area contributed by atoms with Gasteiger partial charge in [0.2, 0.25) is 0 Å². The third kappa shape index (κ3) is 3.27. The molecule has 0 saturated carbocycles. The average molecular weight is 372 g/mol. The molecule has 116 valence electrons. The fourth-order valence-electron chi connectivity index (χ4n) is 2.29. The van der Waals surface area contributed by atoms with Crippen LogP contribution >= 0.6 is 15.9 Å². The third-order valence-corrected chi connectivity index (χ3v) is 3.89. The topological polar surface area (TPSA) is 66.5 Å². The number of ether oxygens (including phenoxy) is 1. The summed E-state index contributed by atoms with van der Waals surface area (Å²) in [6, 6.07) is 13.2. The molecular weight excluding hydrogens is 358 g/mol. The molecule has 0 bridgehead atoms. The van der Waals surface area contributed by atoms with E-state index in [0.717, 1.165) is 20.9 Å². The number of carbonyl (C=O) groups is 1. The number of carbonyl (C=O) groups excluding carboxylic acids is 1. The SMILES string of the molecule is COc1ccc(Br)cc1/C=N\NC(=O)c1c[nH]c2ccccc12. The van der Waals surface area contributed by atoms with E-state index in [1.807, 2.05) is 42.5 Å². The summed E-state index contributed by atoms with van der Waals surface area (Å²) in [5.41, 5.74) is 4.77. The number of para-hydroxylation sites is 1. The molecule has 2 N–H and O–H groups in total. The lowest BCUT2D eigenvalue weighted by atomic mass is 10.2. The summed E-state index contributed by atoms with van der Waals surface area (Å²) in [5, 5.41) is 4.88. The lowest BCUT2D eigenvalue weighted by Gasteiger charge is -2.04. The van der Waals surface area contributed by atoms with Gasteiger partial charge in [0.15, 0.2) is 0 Å². The Kier molecular flexibility index (Phi) is 4.43. The molecule has 0 aliphatic rings. The van der Waals surface area contributed by atoms with Gasteiger partial charge >= 0.3 is 0 Å². The second kappa shape index (κ2) is 6.66. The van der Waals surface area contributed by atoms with Crippen LogP contribution in [0.4, 0.5) is 0 Å². The van der Waals surface area contributed by atoms with Crippen LogP contribution < -0.4 is 10.2 Å². The Bertz CT molecular complexity index is 886. The number of methoxy groups -OCH3 is 1. The van der Waals surface area contributed by atoms with Crippen molar-refractivity contribution in [3.8, 4) is 5.75 Å². The predicted molar refractivity (Wildman–Crippen MR) is 94.1 cm³/mol. The van der Waals surface area contributed by atoms with Crippen LogP contribution in [0.15, 0.2) is 58.2 Å². The van der Waals surface area contributed by atoms with Crippen molar-refractivity contribution >= 4 is 39.0 Å². The van der Waals surface area contributed by atoms with Crippen molar-refractivity contribution in [2.45, 2.75) is 0 Å². The number of hydrazone groups is 1. The summed E-state index contributed by atoms with van der Waals surface area (Å²) >= 11 is 3.40. The molecule has 23 heavy (non-hydrogen) atoms. The lowest BCUT2D eigenvalue weighted by molar-refractivity contribution is 0.0957. The highest BCUT2D eigenvalue weighted by Crippen LogP contribution is 2.21. The van der Waals surface area contributed by atoms with Gasteiger partial charge in [-0.05, 0) is 24.3 Å². The van der Waals surface area contributed by atoms with Gasteiger partial charge in [-0.25, -0.2) is 5.43 Å². The van der Waals surface area contributed by atoms with E-state index in [1.165, 1.54) is 0 Å². The van der Waals surface area contributed by atoms with E-state index in [2.05, 4.69) is 31.4 Å². The Morgan fingerprint density at radius 2 is 2.13 bits per heavy atom. The van der Waals surface area contributed by atoms with Crippen LogP contribution in [-0.2, 0) is 0 Å². The first-order valence-electron chi connectivity index (χ1n) is 6.92. The van der Waals surface area contributed by atoms with Crippen molar-refractivity contribution in [3.05, 3.63) is 64.3 Å². The number of nitrogens with zero attached hydrogens (tertiary/aromatic N) is 1. The molecule has 0 aliphatic heterocycles. The van der Waals surface area contributed by atoms with Crippen LogP contribution in [0.1, 0.15) is 15.9 Å². The molecule has 6 heteroatoms. The van der Waals surface area contributed by atoms with Gasteiger partial charge in [-0.3, -0.25) is 4.79 Å². The second-order valence-electron chi connectivity index (χ2n) is 4.83. The number of nitrogens with one attached hydrogen (secondary N) is 2. The van der Waals surface area contributed by atoms with Crippen molar-refractivity contribution in [1.82, 2.24) is 10.4 Å². The Morgan fingerprint density at radius 3 is 2.96 bits per heavy atom. The maximum absolute atomic E-state index is 12.2. The maximum atomic E-state index is 12.2. The Hall–Kier alpha value is -2.60. The van der Waals surface area contributed by atoms with Crippen LogP contribution in [0, 0.1) is 0 Å². The van der Waals surface area contributed by atoms with Crippen LogP contribution in [0.5, 0.6) is 5.75 Å². The van der Waals surface area contributed by atoms with Crippen molar-refractivity contribution in [3.63, 3.8) is 0 Å². The molecule has 0 atom stereocenters. The number of benzene rings is 2. The summed E-state index contributed by atoms with van der Waals surface area (Å²) in [4.78, 5) is 15.3. The smallest absolute Gasteiger partial charge is 0.273 e. The third-order valence-electron chi connectivity index (χ3n) is 3.40. The monoisotopic (exact) mass is 371 g/mol. The minimum Gasteiger partial charge on any atom is -0.496 e. The molecule has 2 aromatic carbocycles. The molecule has 1 aromatic heterocycles. The van der Waals surface area contributed by atoms with E-state index in [-0.39, 0.29) is 5.91 Å². The molecule has 0 radical (unpaired) electrons. The van der Waals surface area contributed by atoms with Gasteiger partial charge in [0.1, 0.15) is 5.75 Å². The first-order valence-corrected chi connectivity index (χ1v) is 7.71. The fourth-order valence-corrected chi connectivity index (χ4v) is 2.66. The van der Waals surface area contributed by atoms with Gasteiger partial charge in [0.05, 0.1) is 18.9 Å². The number of amides is 1. The van der Waals surface area contributed by atoms with Crippen LogP contribution in [0.25, 0.3) is 10.9 Å². The zero-order valence-corrected chi connectivity index (χ0v) is 13.9. The second-order valence-corrected chi connectivity index (χ2v) is 5.75. The van der Waals surface area contributed by atoms with Gasteiger partial charge in [-0.15, -0.1) is 0 Å². The summed E-state index contributed by atoms with van der Waals surface area (Å²) in [6.07, 6.45) is 3.23. The van der Waals surface area contributed by atoms with Crippen LogP contribution in [0.2, 0.25) is 0 Å². The summed E-state index contributed by atoms with van der Waals surface area (Å²) in [5.74, 6) is 0.408. The van der Waals surface area contributed by atoms with E-state index in [4.69, 9.17) is 4.74 Å². The zero-order chi connectivity index (χ0) is 16.2. The minimum absolute atomic E-state index is 0.271. The maximum Gasteiger partial charge on any atom is 0.273 e. The molecule has 1 heterocycles. The predicted octanol–water partition coefficient (Wildman–Crippen LogP) is 3.70. The Labute approximate surface area is 141 Å². The first kappa shape index (κ1) is 15.3. The number of H-pyrrole nitrogens is 1. The van der Waals surface area contributed by atoms with E-state index in [0.29, 0.717) is 11.3 Å². The molecule has 3 aromatic rings. The number of fused-ring (bicyclic) bond motifs is 1. The quantitative estimate of drug-likeness (QED) is 0.542. The highest BCUT2D eigenvalue weighted by molar-refractivity contribution is 9.10. The van der Waals surface area contributed by atoms with E-state index < -0.39 is 0 Å². The average Bonchev–Trinajstić information content (AvgIpc) is 2.99. The zero-order valence-electron chi connectivity index (χ0n) is 12.3. The Morgan fingerprint density at radius 1 is 1.30 bits per heavy atom. The summed E-state index contributed by atoms with van der Waals surface area (Å²) < 4.78 is 6.16. The number of rotatable bonds is 4. The van der Waals surface area contributed by atoms with Gasteiger partial charge in [0, 0.05) is 27.1 Å². The first-order chi connectivity index (χ1) is 11.2. The van der Waals surface area contributed by atoms with Crippen molar-refractivity contribution in [2.75, 3.05) is 7.11 Å². The normalized spacial score (nSPS) is 11.0. The number of aromatic nitrogens is 1. The van der Waals surface area contributed by atoms with Crippen molar-refractivity contribution in [1.29, 1.82) is 0 Å². The summed E-state index contributed by atoms with van der Waals surface area (Å²) in [6.45, 7) is 0. The molecule has 0 saturated heterocycles. The number of halogens is 1. The number of aromatic amines is 1. The number of hydrogen-bond donors (Lipinski definition) is 2. The largest absolute Gasteiger partial charge is 0.496 e. The molecule has 0 aliphatic carbocycles. The molecule has 5 nitrogen and oxygen atoms in total. The van der Waals surface area contributed by atoms with E-state index in [1.54, 1.807) is 19.5 Å². The molecule has 0 spiro atoms. The molecule has 3 rings (SSSR count). The summed E-state index contributed by atoms with van der Waals surface area (Å²) in [7, 11) is 1.59. The molecule has 1 amide bonds. The van der Waals surface area contributed by atoms with Gasteiger partial charge < -0.3 is 9.72 Å². The van der Waals surface area contributed by atoms with Crippen LogP contribution in [0.3, 0.4) is 0 Å². The molecule has 0 unspecified atom stereocenters. The fraction of sp³-hybridized carbons (Fsp3) is 0.0588.